The highest BCUT2D eigenvalue weighted by Crippen LogP contribution is 2.41. The van der Waals surface area contributed by atoms with E-state index in [1.165, 1.54) is 12.1 Å². The molecule has 5 nitrogen and oxygen atoms in total. The van der Waals surface area contributed by atoms with Gasteiger partial charge in [0.2, 0.25) is 11.8 Å². The first kappa shape index (κ1) is 16.3. The lowest BCUT2D eigenvalue weighted by Gasteiger charge is -2.19. The molecule has 0 N–H and O–H groups in total. The van der Waals surface area contributed by atoms with Gasteiger partial charge in [-0.15, -0.1) is 0 Å². The third-order valence-corrected chi connectivity index (χ3v) is 5.28. The van der Waals surface area contributed by atoms with Gasteiger partial charge in [-0.2, -0.15) is 5.10 Å². The normalized spacial score (nSPS) is 23.2. The van der Waals surface area contributed by atoms with Crippen LogP contribution in [0.2, 0.25) is 5.02 Å². The van der Waals surface area contributed by atoms with Crippen LogP contribution in [0.25, 0.3) is 0 Å². The van der Waals surface area contributed by atoms with Gasteiger partial charge in [0.05, 0.1) is 18.4 Å². The topological polar surface area (TPSA) is 55.2 Å². The van der Waals surface area contributed by atoms with E-state index in [0.29, 0.717) is 6.54 Å². The maximum absolute atomic E-state index is 13.0. The van der Waals surface area contributed by atoms with Crippen LogP contribution in [0.5, 0.6) is 0 Å². The molecule has 2 aromatic rings. The second kappa shape index (κ2) is 6.26. The molecule has 0 spiro atoms. The zero-order valence-corrected chi connectivity index (χ0v) is 14.2. The molecular weight excluding hydrogens is 345 g/mol. The lowest BCUT2D eigenvalue weighted by Crippen LogP contribution is -2.31. The van der Waals surface area contributed by atoms with Crippen molar-refractivity contribution in [3.05, 3.63) is 46.9 Å². The highest BCUT2D eigenvalue weighted by molar-refractivity contribution is 6.35. The van der Waals surface area contributed by atoms with E-state index in [2.05, 4.69) is 5.10 Å². The zero-order valence-electron chi connectivity index (χ0n) is 13.5. The number of hydrogen-bond acceptors (Lipinski definition) is 3. The predicted molar refractivity (Wildman–Crippen MR) is 90.7 cm³/mol. The largest absolute Gasteiger partial charge is 0.274 e. The molecule has 1 saturated carbocycles. The summed E-state index contributed by atoms with van der Waals surface area (Å²) in [6.45, 7) is 0.378. The second-order valence-corrected chi connectivity index (χ2v) is 7.04. The third-order valence-electron chi connectivity index (χ3n) is 5.01. The second-order valence-electron chi connectivity index (χ2n) is 6.63. The number of carbonyl (C=O) groups is 2. The van der Waals surface area contributed by atoms with Crippen LogP contribution in [0, 0.1) is 17.7 Å². The van der Waals surface area contributed by atoms with Gasteiger partial charge in [-0.3, -0.25) is 14.3 Å². The summed E-state index contributed by atoms with van der Waals surface area (Å²) in [5, 5.41) is 4.61. The molecule has 2 heterocycles. The molecule has 2 fully saturated rings. The average molecular weight is 362 g/mol. The summed E-state index contributed by atoms with van der Waals surface area (Å²) in [4.78, 5) is 26.5. The van der Waals surface area contributed by atoms with E-state index in [4.69, 9.17) is 11.6 Å². The van der Waals surface area contributed by atoms with E-state index < -0.39 is 0 Å². The molecular formula is C18H17ClFN3O2. The number of carbonyl (C=O) groups excluding carboxylic acids is 2. The Labute approximate surface area is 149 Å². The SMILES string of the molecule is O=C1[C@H]2CCCC[C@H]2C(=O)N1c1nn(Cc2ccc(F)cc2)cc1Cl. The quantitative estimate of drug-likeness (QED) is 0.787. The predicted octanol–water partition coefficient (Wildman–Crippen LogP) is 3.40. The molecule has 1 aromatic heterocycles. The van der Waals surface area contributed by atoms with Crippen molar-refractivity contribution < 1.29 is 14.0 Å². The number of fused-ring (bicyclic) bond motifs is 1. The van der Waals surface area contributed by atoms with Gasteiger partial charge in [0.25, 0.3) is 0 Å². The molecule has 2 aliphatic rings. The molecule has 1 aliphatic carbocycles. The fraction of sp³-hybridized carbons (Fsp3) is 0.389. The minimum absolute atomic E-state index is 0.191. The van der Waals surface area contributed by atoms with Gasteiger partial charge in [-0.1, -0.05) is 36.6 Å². The van der Waals surface area contributed by atoms with E-state index in [-0.39, 0.29) is 40.3 Å². The highest BCUT2D eigenvalue weighted by atomic mass is 35.5. The van der Waals surface area contributed by atoms with Crippen LogP contribution in [0.4, 0.5) is 10.2 Å². The smallest absolute Gasteiger partial charge is 0.238 e. The summed E-state index contributed by atoms with van der Waals surface area (Å²) < 4.78 is 14.6. The lowest BCUT2D eigenvalue weighted by atomic mass is 9.81. The Hall–Kier alpha value is -2.21. The van der Waals surface area contributed by atoms with Crippen LogP contribution >= 0.6 is 11.6 Å². The number of amides is 2. The van der Waals surface area contributed by atoms with Crippen molar-refractivity contribution in [1.82, 2.24) is 9.78 Å². The Bertz CT molecular complexity index is 809. The standard InChI is InChI=1S/C18H17ClFN3O2/c19-15-10-22(9-11-5-7-12(20)8-6-11)21-16(15)23-17(24)13-3-1-2-4-14(13)18(23)25/h5-8,10,13-14H,1-4,9H2/t13-,14+. The van der Waals surface area contributed by atoms with E-state index in [0.717, 1.165) is 36.1 Å². The summed E-state index contributed by atoms with van der Waals surface area (Å²) in [7, 11) is 0. The monoisotopic (exact) mass is 361 g/mol. The molecule has 4 rings (SSSR count). The number of imide groups is 1. The Kier molecular flexibility index (Phi) is 4.07. The van der Waals surface area contributed by atoms with E-state index in [1.807, 2.05) is 0 Å². The van der Waals surface area contributed by atoms with Crippen LogP contribution in [-0.2, 0) is 16.1 Å². The molecule has 25 heavy (non-hydrogen) atoms. The molecule has 2 atom stereocenters. The van der Waals surface area contributed by atoms with E-state index >= 15 is 0 Å². The molecule has 1 saturated heterocycles. The Morgan fingerprint density at radius 3 is 2.28 bits per heavy atom. The van der Waals surface area contributed by atoms with Crippen molar-refractivity contribution in [3.63, 3.8) is 0 Å². The third kappa shape index (κ3) is 2.84. The first-order chi connectivity index (χ1) is 12.0. The van der Waals surface area contributed by atoms with Gasteiger partial charge in [-0.25, -0.2) is 9.29 Å². The van der Waals surface area contributed by atoms with Crippen molar-refractivity contribution in [2.75, 3.05) is 4.90 Å². The van der Waals surface area contributed by atoms with Crippen molar-refractivity contribution >= 4 is 29.2 Å². The van der Waals surface area contributed by atoms with Gasteiger partial charge in [0.15, 0.2) is 5.82 Å². The van der Waals surface area contributed by atoms with E-state index in [9.17, 15) is 14.0 Å². The van der Waals surface area contributed by atoms with Crippen LogP contribution in [0.3, 0.4) is 0 Å². The summed E-state index contributed by atoms with van der Waals surface area (Å²) in [5.74, 6) is -0.960. The summed E-state index contributed by atoms with van der Waals surface area (Å²) >= 11 is 6.26. The number of halogens is 2. The molecule has 2 amide bonds. The maximum Gasteiger partial charge on any atom is 0.238 e. The number of benzene rings is 1. The zero-order chi connectivity index (χ0) is 17.6. The van der Waals surface area contributed by atoms with Gasteiger partial charge in [-0.05, 0) is 30.5 Å². The van der Waals surface area contributed by atoms with Crippen molar-refractivity contribution in [2.45, 2.75) is 32.2 Å². The van der Waals surface area contributed by atoms with Crippen LogP contribution < -0.4 is 4.90 Å². The van der Waals surface area contributed by atoms with Gasteiger partial charge < -0.3 is 0 Å². The molecule has 7 heteroatoms. The maximum atomic E-state index is 13.0. The first-order valence-electron chi connectivity index (χ1n) is 8.40. The number of hydrogen-bond donors (Lipinski definition) is 0. The minimum atomic E-state index is -0.307. The van der Waals surface area contributed by atoms with Crippen molar-refractivity contribution in [2.24, 2.45) is 11.8 Å². The fourth-order valence-electron chi connectivity index (χ4n) is 3.77. The fourth-order valence-corrected chi connectivity index (χ4v) is 4.00. The summed E-state index contributed by atoms with van der Waals surface area (Å²) in [5.41, 5.74) is 0.847. The van der Waals surface area contributed by atoms with Gasteiger partial charge >= 0.3 is 0 Å². The van der Waals surface area contributed by atoms with Crippen molar-refractivity contribution in [1.29, 1.82) is 0 Å². The lowest BCUT2D eigenvalue weighted by molar-refractivity contribution is -0.122. The van der Waals surface area contributed by atoms with E-state index in [1.54, 1.807) is 23.0 Å². The number of anilines is 1. The first-order valence-corrected chi connectivity index (χ1v) is 8.77. The Balaban J connectivity index is 1.60. The molecule has 130 valence electrons. The molecule has 1 aliphatic heterocycles. The molecule has 0 bridgehead atoms. The highest BCUT2D eigenvalue weighted by Gasteiger charge is 2.50. The average Bonchev–Trinajstić information content (AvgIpc) is 3.08. The van der Waals surface area contributed by atoms with Crippen LogP contribution in [-0.4, -0.2) is 21.6 Å². The Morgan fingerprint density at radius 2 is 1.68 bits per heavy atom. The summed E-state index contributed by atoms with van der Waals surface area (Å²) in [6, 6.07) is 6.07. The minimum Gasteiger partial charge on any atom is -0.274 e. The van der Waals surface area contributed by atoms with Gasteiger partial charge in [0.1, 0.15) is 10.8 Å². The number of aromatic nitrogens is 2. The molecule has 0 radical (unpaired) electrons. The molecule has 1 aromatic carbocycles. The van der Waals surface area contributed by atoms with Crippen LogP contribution in [0.1, 0.15) is 31.2 Å². The van der Waals surface area contributed by atoms with Crippen LogP contribution in [0.15, 0.2) is 30.5 Å². The van der Waals surface area contributed by atoms with Crippen molar-refractivity contribution in [3.8, 4) is 0 Å². The Morgan fingerprint density at radius 1 is 1.08 bits per heavy atom. The number of nitrogens with zero attached hydrogens (tertiary/aromatic N) is 3. The van der Waals surface area contributed by atoms with Gasteiger partial charge in [0, 0.05) is 6.20 Å². The summed E-state index contributed by atoms with van der Waals surface area (Å²) in [6.07, 6.45) is 5.03. The molecule has 0 unspecified atom stereocenters. The number of rotatable bonds is 3.